The first-order chi connectivity index (χ1) is 16.4. The van der Waals surface area contributed by atoms with E-state index in [1.54, 1.807) is 36.4 Å². The van der Waals surface area contributed by atoms with Gasteiger partial charge < -0.3 is 0 Å². The fraction of sp³-hybridized carbons (Fsp3) is 0.0417. The zero-order valence-electron chi connectivity index (χ0n) is 17.2. The molecule has 7 nitrogen and oxygen atoms in total. The molecule has 2 heterocycles. The van der Waals surface area contributed by atoms with E-state index < -0.39 is 17.2 Å². The fourth-order valence-electron chi connectivity index (χ4n) is 3.65. The third kappa shape index (κ3) is 4.19. The van der Waals surface area contributed by atoms with E-state index in [9.17, 15) is 14.4 Å². The van der Waals surface area contributed by atoms with E-state index in [1.165, 1.54) is 17.4 Å². The Kier molecular flexibility index (Phi) is 5.87. The number of H-pyrrole nitrogens is 1. The maximum absolute atomic E-state index is 13.7. The highest BCUT2D eigenvalue weighted by Gasteiger charge is 2.29. The van der Waals surface area contributed by atoms with Gasteiger partial charge >= 0.3 is 5.69 Å². The number of ketones is 1. The van der Waals surface area contributed by atoms with Gasteiger partial charge in [-0.25, -0.2) is 9.78 Å². The molecule has 2 aromatic heterocycles. The Morgan fingerprint density at radius 1 is 1.00 bits per heavy atom. The van der Waals surface area contributed by atoms with Gasteiger partial charge in [-0.1, -0.05) is 53.5 Å². The molecule has 1 atom stereocenters. The number of para-hydroxylation sites is 1. The molecule has 1 N–H and O–H groups in total. The summed E-state index contributed by atoms with van der Waals surface area (Å²) in [5, 5.41) is 5.01. The number of nitrogens with one attached hydrogen (secondary N) is 1. The number of nitrogens with zero attached hydrogens (tertiary/aromatic N) is 3. The second-order valence-electron chi connectivity index (χ2n) is 7.39. The number of rotatable bonds is 5. The van der Waals surface area contributed by atoms with Gasteiger partial charge in [0.1, 0.15) is 6.20 Å². The van der Waals surface area contributed by atoms with Crippen LogP contribution in [-0.4, -0.2) is 25.5 Å². The van der Waals surface area contributed by atoms with Crippen LogP contribution in [0.15, 0.2) is 82.5 Å². The summed E-state index contributed by atoms with van der Waals surface area (Å²) in [7, 11) is 0. The van der Waals surface area contributed by atoms with Crippen molar-refractivity contribution in [1.82, 2.24) is 19.7 Å². The topological polar surface area (TPSA) is 97.7 Å². The molecule has 0 spiro atoms. The highest BCUT2D eigenvalue weighted by atomic mass is 35.5. The molecule has 0 aliphatic heterocycles. The molecule has 0 aliphatic rings. The Morgan fingerprint density at radius 2 is 1.76 bits per heavy atom. The van der Waals surface area contributed by atoms with Crippen molar-refractivity contribution in [2.24, 2.45) is 0 Å². The predicted octanol–water partition coefficient (Wildman–Crippen LogP) is 4.85. The summed E-state index contributed by atoms with van der Waals surface area (Å²) in [5.74, 6) is -0.961. The van der Waals surface area contributed by atoms with Gasteiger partial charge in [-0.2, -0.15) is 9.78 Å². The minimum atomic E-state index is -0.750. The standard InChI is InChI=1S/C24H14Cl2N4O3S/c25-14-7-5-13(6-8-14)21(22(32)23-28-18-3-1-2-4-19(18)34-23)16-10-9-15(11-17(16)26)30-24(33)29-20(31)12-27-30/h1-12,21H,(H,29,31,33). The molecule has 168 valence electrons. The van der Waals surface area contributed by atoms with E-state index >= 15 is 0 Å². The van der Waals surface area contributed by atoms with Crippen LogP contribution in [0.25, 0.3) is 15.9 Å². The summed E-state index contributed by atoms with van der Waals surface area (Å²) < 4.78 is 1.93. The first-order valence-electron chi connectivity index (χ1n) is 10.0. The van der Waals surface area contributed by atoms with Gasteiger partial charge in [0.25, 0.3) is 5.56 Å². The smallest absolute Gasteiger partial charge is 0.290 e. The summed E-state index contributed by atoms with van der Waals surface area (Å²) in [6, 6.07) is 19.3. The SMILES string of the molecule is O=C(c1nc2ccccc2s1)C(c1ccc(Cl)cc1)c1ccc(-n2ncc(=O)[nH]c2=O)cc1Cl. The number of hydrogen-bond donors (Lipinski definition) is 1. The van der Waals surface area contributed by atoms with Crippen molar-refractivity contribution >= 4 is 50.5 Å². The Balaban J connectivity index is 1.63. The maximum atomic E-state index is 13.7. The lowest BCUT2D eigenvalue weighted by Crippen LogP contribution is -2.30. The number of Topliss-reactive ketones (excluding diaryl/α,β-unsaturated/α-hetero) is 1. The number of benzene rings is 3. The molecule has 0 saturated carbocycles. The molecule has 0 radical (unpaired) electrons. The zero-order valence-corrected chi connectivity index (χ0v) is 19.6. The van der Waals surface area contributed by atoms with Crippen LogP contribution in [0.4, 0.5) is 0 Å². The number of aromatic amines is 1. The minimum absolute atomic E-state index is 0.211. The highest BCUT2D eigenvalue weighted by Crippen LogP contribution is 2.36. The Labute approximate surface area is 206 Å². The lowest BCUT2D eigenvalue weighted by molar-refractivity contribution is 0.0973. The summed E-state index contributed by atoms with van der Waals surface area (Å²) in [5.41, 5.74) is 1.02. The van der Waals surface area contributed by atoms with E-state index in [0.29, 0.717) is 26.8 Å². The van der Waals surface area contributed by atoms with Crippen molar-refractivity contribution in [2.75, 3.05) is 0 Å². The second kappa shape index (κ2) is 8.98. The number of aromatic nitrogens is 4. The normalized spacial score (nSPS) is 12.1. The molecule has 0 bridgehead atoms. The van der Waals surface area contributed by atoms with Crippen molar-refractivity contribution < 1.29 is 4.79 Å². The van der Waals surface area contributed by atoms with Gasteiger partial charge in [-0.3, -0.25) is 14.6 Å². The summed E-state index contributed by atoms with van der Waals surface area (Å²) in [6.07, 6.45) is 0.996. The van der Waals surface area contributed by atoms with Crippen LogP contribution in [0.3, 0.4) is 0 Å². The van der Waals surface area contributed by atoms with Gasteiger partial charge in [-0.15, -0.1) is 11.3 Å². The molecule has 1 unspecified atom stereocenters. The Hall–Kier alpha value is -3.59. The van der Waals surface area contributed by atoms with Gasteiger partial charge in [0.15, 0.2) is 5.01 Å². The molecule has 34 heavy (non-hydrogen) atoms. The zero-order chi connectivity index (χ0) is 23.8. The molecule has 0 amide bonds. The van der Waals surface area contributed by atoms with E-state index in [2.05, 4.69) is 15.1 Å². The molecular weight excluding hydrogens is 495 g/mol. The van der Waals surface area contributed by atoms with Crippen LogP contribution in [0, 0.1) is 0 Å². The first-order valence-corrected chi connectivity index (χ1v) is 11.6. The van der Waals surface area contributed by atoms with Crippen LogP contribution in [0.1, 0.15) is 26.8 Å². The fourth-order valence-corrected chi connectivity index (χ4v) is 4.99. The number of carbonyl (C=O) groups is 1. The quantitative estimate of drug-likeness (QED) is 0.342. The predicted molar refractivity (Wildman–Crippen MR) is 133 cm³/mol. The molecule has 0 saturated heterocycles. The molecule has 5 aromatic rings. The number of carbonyl (C=O) groups excluding carboxylic acids is 1. The van der Waals surface area contributed by atoms with Crippen molar-refractivity contribution in [1.29, 1.82) is 0 Å². The van der Waals surface area contributed by atoms with Gasteiger partial charge in [0.2, 0.25) is 5.78 Å². The molecule has 10 heteroatoms. The molecule has 5 rings (SSSR count). The van der Waals surface area contributed by atoms with E-state index in [4.69, 9.17) is 23.2 Å². The van der Waals surface area contributed by atoms with Gasteiger partial charge in [0, 0.05) is 10.0 Å². The van der Waals surface area contributed by atoms with Crippen molar-refractivity contribution in [3.05, 3.63) is 120 Å². The minimum Gasteiger partial charge on any atom is -0.290 e. The van der Waals surface area contributed by atoms with E-state index in [0.717, 1.165) is 21.1 Å². The van der Waals surface area contributed by atoms with Gasteiger partial charge in [-0.05, 0) is 47.5 Å². The number of fused-ring (bicyclic) bond motifs is 1. The lowest BCUT2D eigenvalue weighted by atomic mass is 9.87. The first kappa shape index (κ1) is 22.2. The second-order valence-corrected chi connectivity index (χ2v) is 9.27. The molecule has 0 fully saturated rings. The average molecular weight is 509 g/mol. The summed E-state index contributed by atoms with van der Waals surface area (Å²) in [4.78, 5) is 43.9. The van der Waals surface area contributed by atoms with Crippen LogP contribution in [0.2, 0.25) is 10.0 Å². The molecular formula is C24H14Cl2N4O3S. The monoisotopic (exact) mass is 508 g/mol. The number of halogens is 2. The third-order valence-electron chi connectivity index (χ3n) is 5.22. The lowest BCUT2D eigenvalue weighted by Gasteiger charge is -2.18. The van der Waals surface area contributed by atoms with Crippen molar-refractivity contribution in [3.8, 4) is 5.69 Å². The van der Waals surface area contributed by atoms with Crippen molar-refractivity contribution in [3.63, 3.8) is 0 Å². The number of thiazole rings is 1. The van der Waals surface area contributed by atoms with Crippen LogP contribution < -0.4 is 11.2 Å². The maximum Gasteiger partial charge on any atom is 0.349 e. The van der Waals surface area contributed by atoms with Gasteiger partial charge in [0.05, 0.1) is 21.8 Å². The van der Waals surface area contributed by atoms with Crippen LogP contribution in [0.5, 0.6) is 0 Å². The summed E-state index contributed by atoms with van der Waals surface area (Å²) >= 11 is 14.0. The largest absolute Gasteiger partial charge is 0.349 e. The van der Waals surface area contributed by atoms with Crippen LogP contribution >= 0.6 is 34.5 Å². The number of hydrogen-bond acceptors (Lipinski definition) is 6. The van der Waals surface area contributed by atoms with Crippen molar-refractivity contribution in [2.45, 2.75) is 5.92 Å². The van der Waals surface area contributed by atoms with E-state index in [1.807, 2.05) is 24.3 Å². The highest BCUT2D eigenvalue weighted by molar-refractivity contribution is 7.20. The van der Waals surface area contributed by atoms with E-state index in [-0.39, 0.29) is 10.8 Å². The third-order valence-corrected chi connectivity index (χ3v) is 6.85. The van der Waals surface area contributed by atoms with Crippen LogP contribution in [-0.2, 0) is 0 Å². The summed E-state index contributed by atoms with van der Waals surface area (Å²) in [6.45, 7) is 0. The Bertz CT molecular complexity index is 1620. The molecule has 0 aliphatic carbocycles. The average Bonchev–Trinajstić information content (AvgIpc) is 3.26. The molecule has 3 aromatic carbocycles. The Morgan fingerprint density at radius 3 is 2.47 bits per heavy atom.